The van der Waals surface area contributed by atoms with Gasteiger partial charge in [0.25, 0.3) is 0 Å². The van der Waals surface area contributed by atoms with Gasteiger partial charge >= 0.3 is 0 Å². The molecule has 2 atom stereocenters. The summed E-state index contributed by atoms with van der Waals surface area (Å²) < 4.78 is 0. The molecule has 0 N–H and O–H groups in total. The fourth-order valence-corrected chi connectivity index (χ4v) is 2.69. The molecule has 76 valence electrons. The molecule has 0 spiro atoms. The summed E-state index contributed by atoms with van der Waals surface area (Å²) in [5, 5.41) is 0. The topological polar surface area (TPSA) is 17.1 Å². The van der Waals surface area contributed by atoms with Gasteiger partial charge in [0.05, 0.1) is 0 Å². The van der Waals surface area contributed by atoms with Crippen LogP contribution < -0.4 is 0 Å². The summed E-state index contributed by atoms with van der Waals surface area (Å²) in [6.07, 6.45) is 7.29. The summed E-state index contributed by atoms with van der Waals surface area (Å²) in [6, 6.07) is 0. The number of fused-ring (bicyclic) bond motifs is 1. The second kappa shape index (κ2) is 3.72. The highest BCUT2D eigenvalue weighted by molar-refractivity contribution is 5.91. The van der Waals surface area contributed by atoms with Crippen LogP contribution in [0.5, 0.6) is 0 Å². The van der Waals surface area contributed by atoms with Crippen molar-refractivity contribution in [3.8, 4) is 0 Å². The summed E-state index contributed by atoms with van der Waals surface area (Å²) in [7, 11) is 0. The molecule has 2 aliphatic carbocycles. The predicted octanol–water partition coefficient (Wildman–Crippen LogP) is 3.27. The van der Waals surface area contributed by atoms with Crippen molar-refractivity contribution in [1.29, 1.82) is 0 Å². The quantitative estimate of drug-likeness (QED) is 0.580. The number of hydrogen-bond donors (Lipinski definition) is 0. The number of rotatable bonds is 1. The molecule has 0 bridgehead atoms. The molecule has 0 saturated heterocycles. The Labute approximate surface area is 85.9 Å². The zero-order valence-electron chi connectivity index (χ0n) is 8.88. The second-order valence-corrected chi connectivity index (χ2v) is 4.74. The van der Waals surface area contributed by atoms with E-state index in [4.69, 9.17) is 0 Å². The van der Waals surface area contributed by atoms with Crippen LogP contribution in [0.25, 0.3) is 0 Å². The van der Waals surface area contributed by atoms with E-state index in [9.17, 15) is 4.79 Å². The second-order valence-electron chi connectivity index (χ2n) is 4.74. The van der Waals surface area contributed by atoms with E-state index < -0.39 is 0 Å². The Morgan fingerprint density at radius 3 is 2.93 bits per heavy atom. The van der Waals surface area contributed by atoms with Crippen molar-refractivity contribution in [3.05, 3.63) is 23.8 Å². The third-order valence-electron chi connectivity index (χ3n) is 3.66. The van der Waals surface area contributed by atoms with Crippen molar-refractivity contribution in [2.45, 2.75) is 39.0 Å². The Bertz CT molecular complexity index is 298. The summed E-state index contributed by atoms with van der Waals surface area (Å²) in [6.45, 7) is 6.18. The largest absolute Gasteiger partial charge is 0.295 e. The van der Waals surface area contributed by atoms with Crippen LogP contribution in [0, 0.1) is 11.8 Å². The smallest absolute Gasteiger partial charge is 0.155 e. The summed E-state index contributed by atoms with van der Waals surface area (Å²) >= 11 is 0. The lowest BCUT2D eigenvalue weighted by molar-refractivity contribution is -0.115. The molecule has 0 aromatic rings. The van der Waals surface area contributed by atoms with E-state index in [1.54, 1.807) is 0 Å². The van der Waals surface area contributed by atoms with Crippen molar-refractivity contribution in [2.75, 3.05) is 0 Å². The Kier molecular flexibility index (Phi) is 2.58. The van der Waals surface area contributed by atoms with Gasteiger partial charge in [-0.2, -0.15) is 0 Å². The van der Waals surface area contributed by atoms with E-state index in [0.717, 1.165) is 19.3 Å². The highest BCUT2D eigenvalue weighted by Crippen LogP contribution is 2.40. The molecule has 1 saturated carbocycles. The molecule has 0 amide bonds. The Balaban J connectivity index is 2.09. The molecule has 0 unspecified atom stereocenters. The number of allylic oxidation sites excluding steroid dienone is 3. The Hall–Kier alpha value is -0.850. The van der Waals surface area contributed by atoms with E-state index in [1.807, 2.05) is 6.08 Å². The highest BCUT2D eigenvalue weighted by Gasteiger charge is 2.29. The van der Waals surface area contributed by atoms with Crippen molar-refractivity contribution >= 4 is 5.78 Å². The van der Waals surface area contributed by atoms with Gasteiger partial charge in [0.1, 0.15) is 0 Å². The highest BCUT2D eigenvalue weighted by atomic mass is 16.1. The molecule has 0 aliphatic heterocycles. The first-order valence-corrected chi connectivity index (χ1v) is 5.55. The lowest BCUT2D eigenvalue weighted by Gasteiger charge is -2.33. The SMILES string of the molecule is C=C(C)[C@@H]1CCC2=CC(=O)CC[C@H]2C1. The minimum atomic E-state index is 0.338. The maximum atomic E-state index is 11.2. The molecule has 2 rings (SSSR count). The van der Waals surface area contributed by atoms with Crippen LogP contribution in [0.1, 0.15) is 39.0 Å². The van der Waals surface area contributed by atoms with Crippen molar-refractivity contribution in [1.82, 2.24) is 0 Å². The van der Waals surface area contributed by atoms with Gasteiger partial charge in [0, 0.05) is 6.42 Å². The molecule has 14 heavy (non-hydrogen) atoms. The fraction of sp³-hybridized carbons (Fsp3) is 0.615. The average molecular weight is 190 g/mol. The molecular weight excluding hydrogens is 172 g/mol. The Morgan fingerprint density at radius 2 is 2.21 bits per heavy atom. The van der Waals surface area contributed by atoms with Gasteiger partial charge < -0.3 is 0 Å². The molecule has 0 aromatic heterocycles. The first-order chi connectivity index (χ1) is 6.66. The van der Waals surface area contributed by atoms with Gasteiger partial charge in [-0.1, -0.05) is 17.7 Å². The average Bonchev–Trinajstić information content (AvgIpc) is 2.16. The first-order valence-electron chi connectivity index (χ1n) is 5.55. The third-order valence-corrected chi connectivity index (χ3v) is 3.66. The number of carbonyl (C=O) groups is 1. The zero-order chi connectivity index (χ0) is 10.1. The van der Waals surface area contributed by atoms with Crippen LogP contribution >= 0.6 is 0 Å². The molecule has 2 aliphatic rings. The van der Waals surface area contributed by atoms with Gasteiger partial charge in [-0.3, -0.25) is 4.79 Å². The van der Waals surface area contributed by atoms with Crippen LogP contribution in [-0.2, 0) is 4.79 Å². The number of hydrogen-bond acceptors (Lipinski definition) is 1. The molecule has 0 heterocycles. The Morgan fingerprint density at radius 1 is 1.43 bits per heavy atom. The van der Waals surface area contributed by atoms with Crippen molar-refractivity contribution in [3.63, 3.8) is 0 Å². The van der Waals surface area contributed by atoms with Gasteiger partial charge in [-0.05, 0) is 50.5 Å². The van der Waals surface area contributed by atoms with Gasteiger partial charge in [0.2, 0.25) is 0 Å². The fourth-order valence-electron chi connectivity index (χ4n) is 2.69. The first kappa shape index (κ1) is 9.70. The van der Waals surface area contributed by atoms with Crippen LogP contribution in [0.2, 0.25) is 0 Å². The van der Waals surface area contributed by atoms with E-state index in [0.29, 0.717) is 17.6 Å². The minimum Gasteiger partial charge on any atom is -0.295 e. The van der Waals surface area contributed by atoms with Gasteiger partial charge in [-0.25, -0.2) is 0 Å². The lowest BCUT2D eigenvalue weighted by Crippen LogP contribution is -2.23. The van der Waals surface area contributed by atoms with E-state index in [-0.39, 0.29) is 0 Å². The molecule has 1 nitrogen and oxygen atoms in total. The van der Waals surface area contributed by atoms with Crippen LogP contribution in [0.3, 0.4) is 0 Å². The molecule has 1 fully saturated rings. The summed E-state index contributed by atoms with van der Waals surface area (Å²) in [5.74, 6) is 1.72. The van der Waals surface area contributed by atoms with E-state index in [1.165, 1.54) is 24.0 Å². The number of ketones is 1. The summed E-state index contributed by atoms with van der Waals surface area (Å²) in [5.41, 5.74) is 2.74. The number of carbonyl (C=O) groups excluding carboxylic acids is 1. The lowest BCUT2D eigenvalue weighted by atomic mass is 9.71. The molecule has 1 heteroatoms. The summed E-state index contributed by atoms with van der Waals surface area (Å²) in [4.78, 5) is 11.2. The van der Waals surface area contributed by atoms with Gasteiger partial charge in [0.15, 0.2) is 5.78 Å². The zero-order valence-corrected chi connectivity index (χ0v) is 8.88. The normalized spacial score (nSPS) is 32.1. The monoisotopic (exact) mass is 190 g/mol. The van der Waals surface area contributed by atoms with E-state index in [2.05, 4.69) is 13.5 Å². The standard InChI is InChI=1S/C13H18O/c1-9(2)10-3-4-12-8-13(14)6-5-11(12)7-10/h8,10-11H,1,3-7H2,2H3/t10-,11+/m1/s1. The van der Waals surface area contributed by atoms with Crippen LogP contribution in [0.4, 0.5) is 0 Å². The van der Waals surface area contributed by atoms with E-state index >= 15 is 0 Å². The third kappa shape index (κ3) is 1.82. The molecular formula is C13H18O. The molecule has 0 aromatic carbocycles. The maximum absolute atomic E-state index is 11.2. The molecule has 0 radical (unpaired) electrons. The van der Waals surface area contributed by atoms with Gasteiger partial charge in [-0.15, -0.1) is 0 Å². The van der Waals surface area contributed by atoms with Crippen molar-refractivity contribution < 1.29 is 4.79 Å². The predicted molar refractivity (Wildman–Crippen MR) is 58.0 cm³/mol. The van der Waals surface area contributed by atoms with Crippen LogP contribution in [-0.4, -0.2) is 5.78 Å². The maximum Gasteiger partial charge on any atom is 0.155 e. The van der Waals surface area contributed by atoms with Crippen LogP contribution in [0.15, 0.2) is 23.8 Å². The minimum absolute atomic E-state index is 0.338. The van der Waals surface area contributed by atoms with Crippen molar-refractivity contribution in [2.24, 2.45) is 11.8 Å².